The largest absolute Gasteiger partial charge is 0.454 e. The Balaban J connectivity index is 1.91. The van der Waals surface area contributed by atoms with Crippen LogP contribution in [-0.4, -0.2) is 33.0 Å². The summed E-state index contributed by atoms with van der Waals surface area (Å²) in [7, 11) is 1.62. The second-order valence-corrected chi connectivity index (χ2v) is 4.85. The van der Waals surface area contributed by atoms with Crippen molar-refractivity contribution in [3.05, 3.63) is 54.1 Å². The van der Waals surface area contributed by atoms with Crippen molar-refractivity contribution in [3.8, 4) is 11.5 Å². The van der Waals surface area contributed by atoms with Crippen LogP contribution in [-0.2, 0) is 4.74 Å². The van der Waals surface area contributed by atoms with Crippen LogP contribution in [0.15, 0.2) is 48.5 Å². The van der Waals surface area contributed by atoms with Crippen LogP contribution in [0.3, 0.4) is 0 Å². The Morgan fingerprint density at radius 3 is 2.68 bits per heavy atom. The van der Waals surface area contributed by atoms with Gasteiger partial charge in [0, 0.05) is 31.0 Å². The van der Waals surface area contributed by atoms with Crippen LogP contribution in [0.5, 0.6) is 11.5 Å². The van der Waals surface area contributed by atoms with Gasteiger partial charge in [0.2, 0.25) is 6.79 Å². The number of carbonyl (C=O) groups is 1. The summed E-state index contributed by atoms with van der Waals surface area (Å²) in [5.74, 6) is 1.28. The molecular formula is C17H17NO4. The molecular weight excluding hydrogens is 282 g/mol. The highest BCUT2D eigenvalue weighted by molar-refractivity contribution is 6.06. The molecule has 3 rings (SSSR count). The molecule has 0 radical (unpaired) electrons. The van der Waals surface area contributed by atoms with Crippen LogP contribution in [0.2, 0.25) is 0 Å². The van der Waals surface area contributed by atoms with Crippen molar-refractivity contribution in [2.45, 2.75) is 0 Å². The Kier molecular flexibility index (Phi) is 4.25. The first kappa shape index (κ1) is 14.4. The Morgan fingerprint density at radius 1 is 1.14 bits per heavy atom. The van der Waals surface area contributed by atoms with Gasteiger partial charge in [-0.25, -0.2) is 0 Å². The first-order chi connectivity index (χ1) is 10.8. The molecule has 1 heterocycles. The van der Waals surface area contributed by atoms with Crippen molar-refractivity contribution in [2.24, 2.45) is 0 Å². The third-order valence-corrected chi connectivity index (χ3v) is 3.45. The van der Waals surface area contributed by atoms with Crippen LogP contribution in [0, 0.1) is 0 Å². The summed E-state index contributed by atoms with van der Waals surface area (Å²) in [6.45, 7) is 1.13. The van der Waals surface area contributed by atoms with Crippen molar-refractivity contribution in [3.63, 3.8) is 0 Å². The van der Waals surface area contributed by atoms with Gasteiger partial charge >= 0.3 is 0 Å². The number of benzene rings is 2. The molecule has 5 nitrogen and oxygen atoms in total. The second kappa shape index (κ2) is 6.49. The molecule has 1 aliphatic rings. The molecule has 0 spiro atoms. The van der Waals surface area contributed by atoms with Gasteiger partial charge in [-0.05, 0) is 24.3 Å². The van der Waals surface area contributed by atoms with Gasteiger partial charge in [0.1, 0.15) is 0 Å². The molecule has 0 aromatic heterocycles. The highest BCUT2D eigenvalue weighted by atomic mass is 16.7. The van der Waals surface area contributed by atoms with Crippen LogP contribution in [0.25, 0.3) is 0 Å². The molecule has 0 fully saturated rings. The number of fused-ring (bicyclic) bond motifs is 1. The number of anilines is 1. The zero-order valence-corrected chi connectivity index (χ0v) is 12.3. The van der Waals surface area contributed by atoms with Crippen LogP contribution in [0.4, 0.5) is 5.69 Å². The first-order valence-electron chi connectivity index (χ1n) is 7.05. The predicted molar refractivity (Wildman–Crippen MR) is 82.6 cm³/mol. The van der Waals surface area contributed by atoms with E-state index in [0.717, 1.165) is 5.69 Å². The van der Waals surface area contributed by atoms with E-state index >= 15 is 0 Å². The molecule has 22 heavy (non-hydrogen) atoms. The molecule has 1 aliphatic heterocycles. The molecule has 0 saturated carbocycles. The Bertz CT molecular complexity index is 657. The van der Waals surface area contributed by atoms with Crippen molar-refractivity contribution in [1.82, 2.24) is 0 Å². The smallest absolute Gasteiger partial charge is 0.258 e. The van der Waals surface area contributed by atoms with Crippen molar-refractivity contribution >= 4 is 11.6 Å². The zero-order valence-electron chi connectivity index (χ0n) is 12.3. The molecule has 114 valence electrons. The third kappa shape index (κ3) is 2.89. The molecule has 0 bridgehead atoms. The normalized spacial score (nSPS) is 12.2. The summed E-state index contributed by atoms with van der Waals surface area (Å²) in [4.78, 5) is 14.4. The standard InChI is InChI=1S/C17H17NO4/c1-20-10-9-18(17(19)13-5-3-2-4-6-13)14-7-8-15-16(11-14)22-12-21-15/h2-8,11H,9-10,12H2,1H3. The minimum atomic E-state index is -0.0727. The fraction of sp³-hybridized carbons (Fsp3) is 0.235. The van der Waals surface area contributed by atoms with Crippen molar-refractivity contribution in [1.29, 1.82) is 0 Å². The van der Waals surface area contributed by atoms with Gasteiger partial charge in [0.05, 0.1) is 6.61 Å². The van der Waals surface area contributed by atoms with Gasteiger partial charge in [-0.3, -0.25) is 4.79 Å². The molecule has 0 aliphatic carbocycles. The van der Waals surface area contributed by atoms with E-state index in [1.807, 2.05) is 36.4 Å². The SMILES string of the molecule is COCCN(C(=O)c1ccccc1)c1ccc2c(c1)OCO2. The average Bonchev–Trinajstić information content (AvgIpc) is 3.03. The molecule has 0 N–H and O–H groups in total. The van der Waals surface area contributed by atoms with E-state index in [0.29, 0.717) is 30.2 Å². The Hall–Kier alpha value is -2.53. The summed E-state index contributed by atoms with van der Waals surface area (Å²) in [5.41, 5.74) is 1.39. The van der Waals surface area contributed by atoms with E-state index in [1.54, 1.807) is 24.1 Å². The lowest BCUT2D eigenvalue weighted by Crippen LogP contribution is -2.33. The quantitative estimate of drug-likeness (QED) is 0.851. The fourth-order valence-electron chi connectivity index (χ4n) is 2.32. The van der Waals surface area contributed by atoms with Gasteiger partial charge in [0.15, 0.2) is 11.5 Å². The number of amides is 1. The van der Waals surface area contributed by atoms with E-state index in [9.17, 15) is 4.79 Å². The van der Waals surface area contributed by atoms with Crippen LogP contribution >= 0.6 is 0 Å². The molecule has 0 saturated heterocycles. The predicted octanol–water partition coefficient (Wildman–Crippen LogP) is 2.71. The van der Waals surface area contributed by atoms with E-state index in [2.05, 4.69) is 0 Å². The van der Waals surface area contributed by atoms with Crippen molar-refractivity contribution in [2.75, 3.05) is 32.0 Å². The maximum atomic E-state index is 12.7. The molecule has 0 atom stereocenters. The van der Waals surface area contributed by atoms with Gasteiger partial charge in [-0.2, -0.15) is 0 Å². The maximum Gasteiger partial charge on any atom is 0.258 e. The first-order valence-corrected chi connectivity index (χ1v) is 7.05. The minimum absolute atomic E-state index is 0.0727. The summed E-state index contributed by atoms with van der Waals surface area (Å²) >= 11 is 0. The lowest BCUT2D eigenvalue weighted by molar-refractivity contribution is 0.0976. The lowest BCUT2D eigenvalue weighted by Gasteiger charge is -2.23. The summed E-state index contributed by atoms with van der Waals surface area (Å²) < 4.78 is 15.8. The maximum absolute atomic E-state index is 12.7. The highest BCUT2D eigenvalue weighted by Crippen LogP contribution is 2.35. The molecule has 1 amide bonds. The van der Waals surface area contributed by atoms with Gasteiger partial charge in [-0.1, -0.05) is 18.2 Å². The number of hydrogen-bond acceptors (Lipinski definition) is 4. The fourth-order valence-corrected chi connectivity index (χ4v) is 2.32. The number of hydrogen-bond donors (Lipinski definition) is 0. The Labute approximate surface area is 129 Å². The topological polar surface area (TPSA) is 48.0 Å². The highest BCUT2D eigenvalue weighted by Gasteiger charge is 2.21. The monoisotopic (exact) mass is 299 g/mol. The minimum Gasteiger partial charge on any atom is -0.454 e. The zero-order chi connectivity index (χ0) is 15.4. The van der Waals surface area contributed by atoms with E-state index in [4.69, 9.17) is 14.2 Å². The van der Waals surface area contributed by atoms with Gasteiger partial charge < -0.3 is 19.1 Å². The Morgan fingerprint density at radius 2 is 1.91 bits per heavy atom. The summed E-state index contributed by atoms with van der Waals surface area (Å²) in [5, 5.41) is 0. The number of nitrogens with zero attached hydrogens (tertiary/aromatic N) is 1. The third-order valence-electron chi connectivity index (χ3n) is 3.45. The average molecular weight is 299 g/mol. The molecule has 2 aromatic carbocycles. The number of rotatable bonds is 5. The second-order valence-electron chi connectivity index (χ2n) is 4.85. The van der Waals surface area contributed by atoms with Crippen LogP contribution in [0.1, 0.15) is 10.4 Å². The summed E-state index contributed by atoms with van der Waals surface area (Å²) in [6.07, 6.45) is 0. The summed E-state index contributed by atoms with van der Waals surface area (Å²) in [6, 6.07) is 14.7. The van der Waals surface area contributed by atoms with Crippen molar-refractivity contribution < 1.29 is 19.0 Å². The van der Waals surface area contributed by atoms with Gasteiger partial charge in [0.25, 0.3) is 5.91 Å². The number of carbonyl (C=O) groups excluding carboxylic acids is 1. The van der Waals surface area contributed by atoms with Gasteiger partial charge in [-0.15, -0.1) is 0 Å². The molecule has 0 unspecified atom stereocenters. The number of ether oxygens (including phenoxy) is 3. The van der Waals surface area contributed by atoms with E-state index < -0.39 is 0 Å². The lowest BCUT2D eigenvalue weighted by atomic mass is 10.1. The molecule has 2 aromatic rings. The molecule has 5 heteroatoms. The van der Waals surface area contributed by atoms with E-state index in [1.165, 1.54) is 0 Å². The van der Waals surface area contributed by atoms with E-state index in [-0.39, 0.29) is 12.7 Å². The number of methoxy groups -OCH3 is 1. The van der Waals surface area contributed by atoms with Crippen LogP contribution < -0.4 is 14.4 Å².